The average Bonchev–Trinajstić information content (AvgIpc) is 3.46. The van der Waals surface area contributed by atoms with Crippen molar-refractivity contribution in [2.75, 3.05) is 6.54 Å². The molecule has 7 nitrogen and oxygen atoms in total. The van der Waals surface area contributed by atoms with E-state index < -0.39 is 0 Å². The molecule has 1 amide bonds. The van der Waals surface area contributed by atoms with Crippen LogP contribution in [0.3, 0.4) is 0 Å². The molecular formula is C22H22N4O3. The predicted molar refractivity (Wildman–Crippen MR) is 105 cm³/mol. The second-order valence-corrected chi connectivity index (χ2v) is 7.94. The minimum absolute atomic E-state index is 0.0357. The van der Waals surface area contributed by atoms with Crippen LogP contribution in [-0.2, 0) is 0 Å². The number of amides is 1. The minimum atomic E-state index is -0.0490. The number of aryl methyl sites for hydroxylation is 2. The molecule has 5 rings (SSSR count). The Labute approximate surface area is 168 Å². The summed E-state index contributed by atoms with van der Waals surface area (Å²) in [6.45, 7) is 4.66. The van der Waals surface area contributed by atoms with Crippen LogP contribution in [0.2, 0.25) is 0 Å². The first-order chi connectivity index (χ1) is 14.1. The number of pyridine rings is 2. The maximum absolute atomic E-state index is 13.5. The van der Waals surface area contributed by atoms with Gasteiger partial charge in [0.1, 0.15) is 18.1 Å². The van der Waals surface area contributed by atoms with E-state index in [2.05, 4.69) is 15.0 Å². The summed E-state index contributed by atoms with van der Waals surface area (Å²) >= 11 is 0. The van der Waals surface area contributed by atoms with Crippen LogP contribution in [-0.4, -0.2) is 44.4 Å². The number of likely N-dealkylation sites (tertiary alicyclic amines) is 1. The Morgan fingerprint density at radius 2 is 2.00 bits per heavy atom. The van der Waals surface area contributed by atoms with Crippen molar-refractivity contribution < 1.29 is 13.9 Å². The maximum atomic E-state index is 13.5. The van der Waals surface area contributed by atoms with E-state index in [0.29, 0.717) is 28.9 Å². The third kappa shape index (κ3) is 3.26. The van der Waals surface area contributed by atoms with E-state index in [1.54, 1.807) is 18.6 Å². The van der Waals surface area contributed by atoms with Crippen LogP contribution in [0.4, 0.5) is 0 Å². The average molecular weight is 390 g/mol. The Morgan fingerprint density at radius 1 is 1.14 bits per heavy atom. The molecule has 1 aliphatic heterocycles. The first-order valence-corrected chi connectivity index (χ1v) is 9.85. The molecule has 3 atom stereocenters. The highest BCUT2D eigenvalue weighted by atomic mass is 16.5. The van der Waals surface area contributed by atoms with Gasteiger partial charge in [-0.1, -0.05) is 6.07 Å². The summed E-state index contributed by atoms with van der Waals surface area (Å²) in [5.74, 6) is 1.36. The van der Waals surface area contributed by atoms with E-state index >= 15 is 0 Å². The third-order valence-electron chi connectivity index (χ3n) is 5.73. The van der Waals surface area contributed by atoms with Gasteiger partial charge in [0.05, 0.1) is 17.8 Å². The van der Waals surface area contributed by atoms with Crippen molar-refractivity contribution >= 4 is 5.91 Å². The number of hydrogen-bond donors (Lipinski definition) is 0. The molecule has 2 bridgehead atoms. The largest absolute Gasteiger partial charge is 0.472 e. The second-order valence-electron chi connectivity index (χ2n) is 7.94. The second kappa shape index (κ2) is 6.99. The molecule has 0 spiro atoms. The molecule has 2 aliphatic rings. The fourth-order valence-electron chi connectivity index (χ4n) is 4.40. The Kier molecular flexibility index (Phi) is 4.30. The van der Waals surface area contributed by atoms with Gasteiger partial charge in [-0.25, -0.2) is 9.97 Å². The van der Waals surface area contributed by atoms with Gasteiger partial charge in [0.15, 0.2) is 0 Å². The van der Waals surface area contributed by atoms with E-state index in [9.17, 15) is 4.79 Å². The molecule has 3 aromatic heterocycles. The summed E-state index contributed by atoms with van der Waals surface area (Å²) in [6.07, 6.45) is 8.42. The SMILES string of the molecule is Cc1ccc(OC2CC3CC2N(C(=O)c2cc(C)cnc2-c2ncco2)C3)nc1. The quantitative estimate of drug-likeness (QED) is 0.679. The summed E-state index contributed by atoms with van der Waals surface area (Å²) in [5.41, 5.74) is 3.01. The van der Waals surface area contributed by atoms with Crippen LogP contribution in [0.25, 0.3) is 11.6 Å². The lowest BCUT2D eigenvalue weighted by Gasteiger charge is -2.33. The van der Waals surface area contributed by atoms with Crippen molar-refractivity contribution in [3.63, 3.8) is 0 Å². The zero-order valence-corrected chi connectivity index (χ0v) is 16.4. The van der Waals surface area contributed by atoms with Crippen molar-refractivity contribution in [2.45, 2.75) is 38.8 Å². The monoisotopic (exact) mass is 390 g/mol. The minimum Gasteiger partial charge on any atom is -0.472 e. The number of carbonyl (C=O) groups is 1. The van der Waals surface area contributed by atoms with Gasteiger partial charge in [-0.15, -0.1) is 0 Å². The highest BCUT2D eigenvalue weighted by Crippen LogP contribution is 2.40. The van der Waals surface area contributed by atoms with Crippen LogP contribution in [0, 0.1) is 19.8 Å². The molecule has 0 radical (unpaired) electrons. The van der Waals surface area contributed by atoms with Gasteiger partial charge in [0.25, 0.3) is 5.91 Å². The lowest BCUT2D eigenvalue weighted by molar-refractivity contribution is 0.0466. The van der Waals surface area contributed by atoms with Crippen LogP contribution in [0.1, 0.15) is 34.3 Å². The molecule has 7 heteroatoms. The Morgan fingerprint density at radius 3 is 2.72 bits per heavy atom. The summed E-state index contributed by atoms with van der Waals surface area (Å²) in [6, 6.07) is 5.77. The molecule has 0 aromatic carbocycles. The molecule has 2 fully saturated rings. The van der Waals surface area contributed by atoms with Gasteiger partial charge in [-0.05, 0) is 49.8 Å². The molecule has 0 N–H and O–H groups in total. The number of fused-ring (bicyclic) bond motifs is 2. The van der Waals surface area contributed by atoms with Crippen molar-refractivity contribution in [3.05, 3.63) is 59.7 Å². The molecule has 1 saturated carbocycles. The number of hydrogen-bond acceptors (Lipinski definition) is 6. The van der Waals surface area contributed by atoms with Gasteiger partial charge < -0.3 is 14.1 Å². The standard InChI is InChI=1S/C22H22N4O3/c1-13-3-4-19(24-10-13)29-18-9-15-8-17(18)26(12-15)22(27)16-7-14(2)11-25-20(16)21-23-5-6-28-21/h3-7,10-11,15,17-18H,8-9,12H2,1-2H3. The van der Waals surface area contributed by atoms with E-state index in [0.717, 1.165) is 30.5 Å². The third-order valence-corrected chi connectivity index (χ3v) is 5.73. The van der Waals surface area contributed by atoms with Crippen molar-refractivity contribution in [1.29, 1.82) is 0 Å². The molecular weight excluding hydrogens is 368 g/mol. The normalized spacial score (nSPS) is 22.8. The fraction of sp³-hybridized carbons (Fsp3) is 0.364. The van der Waals surface area contributed by atoms with Gasteiger partial charge >= 0.3 is 0 Å². The molecule has 3 aromatic rings. The van der Waals surface area contributed by atoms with Crippen LogP contribution in [0.15, 0.2) is 47.5 Å². The van der Waals surface area contributed by atoms with Gasteiger partial charge in [0.2, 0.25) is 11.8 Å². The van der Waals surface area contributed by atoms with Crippen LogP contribution in [0.5, 0.6) is 5.88 Å². The predicted octanol–water partition coefficient (Wildman–Crippen LogP) is 3.43. The number of ether oxygens (including phenoxy) is 1. The van der Waals surface area contributed by atoms with Gasteiger partial charge in [-0.3, -0.25) is 9.78 Å². The Bertz CT molecular complexity index is 1030. The van der Waals surface area contributed by atoms with E-state index in [1.807, 2.05) is 36.9 Å². The van der Waals surface area contributed by atoms with E-state index in [-0.39, 0.29) is 18.1 Å². The molecule has 1 saturated heterocycles. The zero-order valence-electron chi connectivity index (χ0n) is 16.4. The van der Waals surface area contributed by atoms with E-state index in [1.165, 1.54) is 6.26 Å². The summed E-state index contributed by atoms with van der Waals surface area (Å²) < 4.78 is 11.6. The lowest BCUT2D eigenvalue weighted by atomic mass is 10.0. The first kappa shape index (κ1) is 17.8. The number of aromatic nitrogens is 3. The summed E-state index contributed by atoms with van der Waals surface area (Å²) in [7, 11) is 0. The van der Waals surface area contributed by atoms with Crippen molar-refractivity contribution in [2.24, 2.45) is 5.92 Å². The van der Waals surface area contributed by atoms with Gasteiger partial charge in [-0.2, -0.15) is 0 Å². The highest BCUT2D eigenvalue weighted by molar-refractivity contribution is 5.99. The number of carbonyl (C=O) groups excluding carboxylic acids is 1. The first-order valence-electron chi connectivity index (χ1n) is 9.85. The van der Waals surface area contributed by atoms with Crippen molar-refractivity contribution in [3.8, 4) is 17.5 Å². The van der Waals surface area contributed by atoms with Crippen LogP contribution < -0.4 is 4.74 Å². The Balaban J connectivity index is 1.41. The van der Waals surface area contributed by atoms with Crippen molar-refractivity contribution in [1.82, 2.24) is 19.9 Å². The lowest BCUT2D eigenvalue weighted by Crippen LogP contribution is -2.47. The molecule has 1 aliphatic carbocycles. The maximum Gasteiger partial charge on any atom is 0.256 e. The molecule has 3 unspecified atom stereocenters. The molecule has 148 valence electrons. The zero-order chi connectivity index (χ0) is 20.0. The topological polar surface area (TPSA) is 81.4 Å². The molecule has 4 heterocycles. The number of nitrogens with zero attached hydrogens (tertiary/aromatic N) is 4. The summed E-state index contributed by atoms with van der Waals surface area (Å²) in [5, 5.41) is 0. The summed E-state index contributed by atoms with van der Waals surface area (Å²) in [4.78, 5) is 28.4. The number of oxazole rings is 1. The number of rotatable bonds is 4. The Hall–Kier alpha value is -3.22. The number of piperidine rings is 1. The van der Waals surface area contributed by atoms with E-state index in [4.69, 9.17) is 9.15 Å². The van der Waals surface area contributed by atoms with Gasteiger partial charge in [0, 0.05) is 25.0 Å². The smallest absolute Gasteiger partial charge is 0.256 e. The molecule has 29 heavy (non-hydrogen) atoms. The van der Waals surface area contributed by atoms with Crippen LogP contribution >= 0.6 is 0 Å². The highest BCUT2D eigenvalue weighted by Gasteiger charge is 2.48. The fourth-order valence-corrected chi connectivity index (χ4v) is 4.40.